The first-order valence-electron chi connectivity index (χ1n) is 10.7. The molecule has 1 aliphatic rings. The van der Waals surface area contributed by atoms with Crippen molar-refractivity contribution >= 4 is 17.6 Å². The second-order valence-electron chi connectivity index (χ2n) is 7.89. The number of hydrogen-bond acceptors (Lipinski definition) is 6. The molecule has 0 unspecified atom stereocenters. The lowest BCUT2D eigenvalue weighted by Gasteiger charge is -2.16. The third kappa shape index (κ3) is 9.87. The summed E-state index contributed by atoms with van der Waals surface area (Å²) >= 11 is 5.92. The molecule has 0 saturated carbocycles. The van der Waals surface area contributed by atoms with Crippen LogP contribution in [-0.2, 0) is 14.3 Å². The number of hydrogen-bond donors (Lipinski definition) is 2. The average molecular weight is 453 g/mol. The molecular formula is C24H33ClO6. The van der Waals surface area contributed by atoms with Crippen LogP contribution in [0.25, 0.3) is 0 Å². The quantitative estimate of drug-likeness (QED) is 0.282. The molecule has 1 aromatic rings. The van der Waals surface area contributed by atoms with E-state index < -0.39 is 12.2 Å². The van der Waals surface area contributed by atoms with E-state index in [4.69, 9.17) is 25.8 Å². The summed E-state index contributed by atoms with van der Waals surface area (Å²) in [6, 6.07) is 6.99. The van der Waals surface area contributed by atoms with Crippen LogP contribution in [0.15, 0.2) is 48.6 Å². The maximum atomic E-state index is 11.5. The fraction of sp³-hybridized carbons (Fsp3) is 0.542. The van der Waals surface area contributed by atoms with Gasteiger partial charge < -0.3 is 24.4 Å². The molecule has 0 aliphatic carbocycles. The Morgan fingerprint density at radius 2 is 2.16 bits per heavy atom. The molecule has 1 heterocycles. The standard InChI is InChI=1S/C24H33ClO6/c1-17(2)31-24(28)11-6-4-3-5-10-21-22(27)16-30-23(21)13-12-19(26)15-29-20-9-7-8-18(25)14-20/h3,5,7-9,12-14,17,19,21-23,26-27H,4,6,10-11,15-16H2,1-2H3/b5-3-,13-12+/t19-,21-,22-,23+/m0/s1. The maximum Gasteiger partial charge on any atom is 0.306 e. The van der Waals surface area contributed by atoms with Crippen LogP contribution in [0.3, 0.4) is 0 Å². The van der Waals surface area contributed by atoms with Crippen molar-refractivity contribution in [3.63, 3.8) is 0 Å². The normalized spacial score (nSPS) is 22.5. The Kier molecular flexibility index (Phi) is 11.1. The molecule has 1 fully saturated rings. The number of halogens is 1. The summed E-state index contributed by atoms with van der Waals surface area (Å²) in [5.41, 5.74) is 0. The number of allylic oxidation sites excluding steroid dienone is 2. The molecule has 31 heavy (non-hydrogen) atoms. The maximum absolute atomic E-state index is 11.5. The van der Waals surface area contributed by atoms with Gasteiger partial charge in [-0.25, -0.2) is 0 Å². The summed E-state index contributed by atoms with van der Waals surface area (Å²) in [4.78, 5) is 11.5. The fourth-order valence-electron chi connectivity index (χ4n) is 3.25. The summed E-state index contributed by atoms with van der Waals surface area (Å²) in [7, 11) is 0. The van der Waals surface area contributed by atoms with Crippen LogP contribution in [-0.4, -0.2) is 53.8 Å². The summed E-state index contributed by atoms with van der Waals surface area (Å²) in [6.07, 6.45) is 8.28. The third-order valence-electron chi connectivity index (χ3n) is 4.81. The van der Waals surface area contributed by atoms with Gasteiger partial charge >= 0.3 is 5.97 Å². The van der Waals surface area contributed by atoms with E-state index in [-0.39, 0.29) is 37.3 Å². The van der Waals surface area contributed by atoms with Crippen LogP contribution in [0.4, 0.5) is 0 Å². The Morgan fingerprint density at radius 3 is 2.90 bits per heavy atom. The van der Waals surface area contributed by atoms with E-state index in [0.29, 0.717) is 23.6 Å². The van der Waals surface area contributed by atoms with E-state index in [1.807, 2.05) is 26.0 Å². The van der Waals surface area contributed by atoms with Crippen molar-refractivity contribution in [2.24, 2.45) is 5.92 Å². The highest BCUT2D eigenvalue weighted by molar-refractivity contribution is 6.30. The zero-order valence-corrected chi connectivity index (χ0v) is 18.9. The third-order valence-corrected chi connectivity index (χ3v) is 5.04. The van der Waals surface area contributed by atoms with E-state index in [1.54, 1.807) is 36.4 Å². The highest BCUT2D eigenvalue weighted by atomic mass is 35.5. The molecule has 0 radical (unpaired) electrons. The molecular weight excluding hydrogens is 420 g/mol. The van der Waals surface area contributed by atoms with Crippen molar-refractivity contribution in [2.45, 2.75) is 63.9 Å². The number of aliphatic hydroxyl groups excluding tert-OH is 2. The van der Waals surface area contributed by atoms with E-state index in [0.717, 1.165) is 12.8 Å². The lowest BCUT2D eigenvalue weighted by Crippen LogP contribution is -2.23. The van der Waals surface area contributed by atoms with Crippen LogP contribution in [0.2, 0.25) is 5.02 Å². The number of carbonyl (C=O) groups excluding carboxylic acids is 1. The van der Waals surface area contributed by atoms with Crippen molar-refractivity contribution in [1.82, 2.24) is 0 Å². The molecule has 0 amide bonds. The van der Waals surface area contributed by atoms with Crippen LogP contribution < -0.4 is 4.74 Å². The molecule has 1 aliphatic heterocycles. The van der Waals surface area contributed by atoms with Crippen molar-refractivity contribution in [2.75, 3.05) is 13.2 Å². The minimum Gasteiger partial charge on any atom is -0.491 e. The molecule has 7 heteroatoms. The number of ether oxygens (including phenoxy) is 3. The van der Waals surface area contributed by atoms with Gasteiger partial charge in [0.2, 0.25) is 0 Å². The number of carbonyl (C=O) groups is 1. The van der Waals surface area contributed by atoms with E-state index >= 15 is 0 Å². The molecule has 2 N–H and O–H groups in total. The molecule has 0 aromatic heterocycles. The van der Waals surface area contributed by atoms with Gasteiger partial charge in [0.15, 0.2) is 0 Å². The minimum atomic E-state index is -0.804. The van der Waals surface area contributed by atoms with Crippen LogP contribution in [0.5, 0.6) is 5.75 Å². The Hall–Kier alpha value is -1.86. The molecule has 4 atom stereocenters. The van der Waals surface area contributed by atoms with Gasteiger partial charge in [-0.2, -0.15) is 0 Å². The Morgan fingerprint density at radius 1 is 1.35 bits per heavy atom. The Balaban J connectivity index is 1.72. The number of esters is 1. The smallest absolute Gasteiger partial charge is 0.306 e. The topological polar surface area (TPSA) is 85.2 Å². The van der Waals surface area contributed by atoms with Gasteiger partial charge in [-0.05, 0) is 51.3 Å². The number of rotatable bonds is 12. The molecule has 1 aromatic carbocycles. The van der Waals surface area contributed by atoms with Crippen molar-refractivity contribution in [1.29, 1.82) is 0 Å². The van der Waals surface area contributed by atoms with Crippen LogP contribution in [0, 0.1) is 5.92 Å². The highest BCUT2D eigenvalue weighted by Gasteiger charge is 2.33. The van der Waals surface area contributed by atoms with Gasteiger partial charge in [0.1, 0.15) is 18.5 Å². The molecule has 1 saturated heterocycles. The molecule has 172 valence electrons. The first-order valence-corrected chi connectivity index (χ1v) is 11.1. The summed E-state index contributed by atoms with van der Waals surface area (Å²) in [5.74, 6) is 0.332. The molecule has 2 rings (SSSR count). The Bertz CT molecular complexity index is 733. The second-order valence-corrected chi connectivity index (χ2v) is 8.32. The molecule has 0 spiro atoms. The van der Waals surface area contributed by atoms with Crippen molar-refractivity contribution in [3.8, 4) is 5.75 Å². The average Bonchev–Trinajstić information content (AvgIpc) is 3.06. The van der Waals surface area contributed by atoms with Gasteiger partial charge in [0, 0.05) is 17.4 Å². The van der Waals surface area contributed by atoms with Crippen LogP contribution >= 0.6 is 11.6 Å². The highest BCUT2D eigenvalue weighted by Crippen LogP contribution is 2.26. The largest absolute Gasteiger partial charge is 0.491 e. The summed E-state index contributed by atoms with van der Waals surface area (Å²) in [5, 5.41) is 20.9. The van der Waals surface area contributed by atoms with Gasteiger partial charge in [-0.15, -0.1) is 0 Å². The second kappa shape index (κ2) is 13.5. The number of benzene rings is 1. The first kappa shape index (κ1) is 25.4. The van der Waals surface area contributed by atoms with E-state index in [2.05, 4.69) is 0 Å². The zero-order valence-electron chi connectivity index (χ0n) is 18.2. The lowest BCUT2D eigenvalue weighted by molar-refractivity contribution is -0.147. The monoisotopic (exact) mass is 452 g/mol. The Labute approximate surface area is 189 Å². The lowest BCUT2D eigenvalue weighted by atomic mass is 9.94. The number of unbranched alkanes of at least 4 members (excludes halogenated alkanes) is 1. The van der Waals surface area contributed by atoms with E-state index in [1.165, 1.54) is 0 Å². The number of aliphatic hydroxyl groups is 2. The minimum absolute atomic E-state index is 0.0838. The van der Waals surface area contributed by atoms with Crippen LogP contribution in [0.1, 0.15) is 39.5 Å². The first-order chi connectivity index (χ1) is 14.8. The fourth-order valence-corrected chi connectivity index (χ4v) is 3.43. The SMILES string of the molecule is CC(C)OC(=O)CCC/C=C\C[C@H]1[C@@H](O)CO[C@@H]1/C=C/[C@H](O)COc1cccc(Cl)c1. The molecule has 6 nitrogen and oxygen atoms in total. The predicted octanol–water partition coefficient (Wildman–Crippen LogP) is 4.08. The predicted molar refractivity (Wildman–Crippen MR) is 120 cm³/mol. The zero-order chi connectivity index (χ0) is 22.6. The molecule has 0 bridgehead atoms. The van der Waals surface area contributed by atoms with Gasteiger partial charge in [0.25, 0.3) is 0 Å². The summed E-state index contributed by atoms with van der Waals surface area (Å²) < 4.78 is 16.3. The van der Waals surface area contributed by atoms with Gasteiger partial charge in [-0.1, -0.05) is 42.0 Å². The van der Waals surface area contributed by atoms with Gasteiger partial charge in [0.05, 0.1) is 24.9 Å². The summed E-state index contributed by atoms with van der Waals surface area (Å²) in [6.45, 7) is 4.03. The van der Waals surface area contributed by atoms with Crippen molar-refractivity contribution < 1.29 is 29.2 Å². The van der Waals surface area contributed by atoms with Crippen molar-refractivity contribution in [3.05, 3.63) is 53.6 Å². The van der Waals surface area contributed by atoms with E-state index in [9.17, 15) is 15.0 Å². The van der Waals surface area contributed by atoms with Gasteiger partial charge in [-0.3, -0.25) is 4.79 Å².